The fourth-order valence-corrected chi connectivity index (χ4v) is 2.17. The van der Waals surface area contributed by atoms with Gasteiger partial charge in [-0.1, -0.05) is 30.3 Å². The maximum atomic E-state index is 9.95. The zero-order valence-corrected chi connectivity index (χ0v) is 13.0. The standard InChI is InChI=1S/C17H18N4O2/c1-17(2,22)13-8-10-15(11-9-13)23-12-16-18-19-20-21(16)14-6-4-3-5-7-14/h3-11,22H,12H2,1-2H3. The molecule has 0 aliphatic heterocycles. The minimum atomic E-state index is -0.865. The van der Waals surface area contributed by atoms with Crippen molar-refractivity contribution in [1.82, 2.24) is 20.2 Å². The predicted octanol–water partition coefficient (Wildman–Crippen LogP) is 2.47. The number of aliphatic hydroxyl groups is 1. The van der Waals surface area contributed by atoms with Crippen LogP contribution in [0.15, 0.2) is 54.6 Å². The van der Waals surface area contributed by atoms with E-state index in [9.17, 15) is 5.11 Å². The number of rotatable bonds is 5. The number of tetrazole rings is 1. The molecule has 0 bridgehead atoms. The van der Waals surface area contributed by atoms with Crippen molar-refractivity contribution in [3.05, 3.63) is 66.0 Å². The maximum absolute atomic E-state index is 9.95. The van der Waals surface area contributed by atoms with Crippen LogP contribution in [0.4, 0.5) is 0 Å². The first-order valence-electron chi connectivity index (χ1n) is 7.32. The quantitative estimate of drug-likeness (QED) is 0.783. The van der Waals surface area contributed by atoms with Crippen LogP contribution in [0, 0.1) is 0 Å². The number of nitrogens with zero attached hydrogens (tertiary/aromatic N) is 4. The van der Waals surface area contributed by atoms with Crippen LogP contribution < -0.4 is 4.74 Å². The van der Waals surface area contributed by atoms with Crippen LogP contribution in [0.1, 0.15) is 25.2 Å². The second-order valence-corrected chi connectivity index (χ2v) is 5.71. The minimum absolute atomic E-state index is 0.254. The lowest BCUT2D eigenvalue weighted by Crippen LogP contribution is -2.15. The highest BCUT2D eigenvalue weighted by Crippen LogP contribution is 2.22. The number of para-hydroxylation sites is 1. The van der Waals surface area contributed by atoms with E-state index in [4.69, 9.17) is 4.74 Å². The summed E-state index contributed by atoms with van der Waals surface area (Å²) in [6.07, 6.45) is 0. The molecule has 0 saturated carbocycles. The lowest BCUT2D eigenvalue weighted by atomic mass is 9.99. The third-order valence-electron chi connectivity index (χ3n) is 3.46. The predicted molar refractivity (Wildman–Crippen MR) is 85.2 cm³/mol. The number of hydrogen-bond acceptors (Lipinski definition) is 5. The molecule has 0 fully saturated rings. The van der Waals surface area contributed by atoms with Gasteiger partial charge in [-0.3, -0.25) is 0 Å². The van der Waals surface area contributed by atoms with Crippen molar-refractivity contribution in [1.29, 1.82) is 0 Å². The van der Waals surface area contributed by atoms with E-state index in [0.717, 1.165) is 11.3 Å². The summed E-state index contributed by atoms with van der Waals surface area (Å²) in [5, 5.41) is 21.6. The molecule has 118 valence electrons. The normalized spacial score (nSPS) is 11.4. The van der Waals surface area contributed by atoms with Gasteiger partial charge in [-0.05, 0) is 54.1 Å². The molecule has 1 N–H and O–H groups in total. The summed E-state index contributed by atoms with van der Waals surface area (Å²) in [4.78, 5) is 0. The van der Waals surface area contributed by atoms with Gasteiger partial charge in [-0.2, -0.15) is 4.68 Å². The van der Waals surface area contributed by atoms with E-state index in [0.29, 0.717) is 11.6 Å². The Morgan fingerprint density at radius 1 is 1.04 bits per heavy atom. The lowest BCUT2D eigenvalue weighted by molar-refractivity contribution is 0.0785. The third kappa shape index (κ3) is 3.54. The van der Waals surface area contributed by atoms with E-state index in [2.05, 4.69) is 15.5 Å². The largest absolute Gasteiger partial charge is 0.486 e. The van der Waals surface area contributed by atoms with Gasteiger partial charge >= 0.3 is 0 Å². The SMILES string of the molecule is CC(C)(O)c1ccc(OCc2nnnn2-c2ccccc2)cc1. The average molecular weight is 310 g/mol. The molecule has 0 amide bonds. The number of benzene rings is 2. The van der Waals surface area contributed by atoms with Crippen molar-refractivity contribution in [2.24, 2.45) is 0 Å². The summed E-state index contributed by atoms with van der Waals surface area (Å²) in [5.41, 5.74) is 0.850. The van der Waals surface area contributed by atoms with Crippen molar-refractivity contribution >= 4 is 0 Å². The smallest absolute Gasteiger partial charge is 0.194 e. The van der Waals surface area contributed by atoms with E-state index in [1.165, 1.54) is 0 Å². The monoisotopic (exact) mass is 310 g/mol. The van der Waals surface area contributed by atoms with E-state index in [1.807, 2.05) is 54.6 Å². The van der Waals surface area contributed by atoms with Crippen LogP contribution in [0.2, 0.25) is 0 Å². The third-order valence-corrected chi connectivity index (χ3v) is 3.46. The van der Waals surface area contributed by atoms with Gasteiger partial charge in [0.1, 0.15) is 12.4 Å². The molecule has 0 aliphatic carbocycles. The Labute approximate surface area is 134 Å². The molecule has 0 aliphatic rings. The highest BCUT2D eigenvalue weighted by molar-refractivity contribution is 5.31. The lowest BCUT2D eigenvalue weighted by Gasteiger charge is -2.17. The van der Waals surface area contributed by atoms with Crippen LogP contribution in [0.5, 0.6) is 5.75 Å². The Hall–Kier alpha value is -2.73. The number of aromatic nitrogens is 4. The van der Waals surface area contributed by atoms with Crippen LogP contribution in [0.25, 0.3) is 5.69 Å². The van der Waals surface area contributed by atoms with Crippen molar-refractivity contribution in [2.45, 2.75) is 26.1 Å². The average Bonchev–Trinajstić information content (AvgIpc) is 3.02. The molecule has 3 rings (SSSR count). The van der Waals surface area contributed by atoms with Crippen molar-refractivity contribution in [3.63, 3.8) is 0 Å². The van der Waals surface area contributed by atoms with Gasteiger partial charge in [0.25, 0.3) is 0 Å². The summed E-state index contributed by atoms with van der Waals surface area (Å²) < 4.78 is 7.38. The second kappa shape index (κ2) is 6.18. The molecule has 0 spiro atoms. The molecule has 6 heteroatoms. The number of hydrogen-bond donors (Lipinski definition) is 1. The van der Waals surface area contributed by atoms with Crippen molar-refractivity contribution < 1.29 is 9.84 Å². The molecule has 1 heterocycles. The summed E-state index contributed by atoms with van der Waals surface area (Å²) in [5.74, 6) is 1.31. The van der Waals surface area contributed by atoms with Crippen LogP contribution in [-0.4, -0.2) is 25.3 Å². The van der Waals surface area contributed by atoms with Gasteiger partial charge in [-0.15, -0.1) is 5.10 Å². The van der Waals surface area contributed by atoms with Gasteiger partial charge in [0.15, 0.2) is 5.82 Å². The van der Waals surface area contributed by atoms with Gasteiger partial charge < -0.3 is 9.84 Å². The molecule has 0 saturated heterocycles. The fraction of sp³-hybridized carbons (Fsp3) is 0.235. The van der Waals surface area contributed by atoms with Crippen LogP contribution >= 0.6 is 0 Å². The van der Waals surface area contributed by atoms with E-state index in [-0.39, 0.29) is 6.61 Å². The highest BCUT2D eigenvalue weighted by atomic mass is 16.5. The van der Waals surface area contributed by atoms with Crippen molar-refractivity contribution in [3.8, 4) is 11.4 Å². The molecule has 0 unspecified atom stereocenters. The molecule has 1 aromatic heterocycles. The first-order valence-corrected chi connectivity index (χ1v) is 7.32. The van der Waals surface area contributed by atoms with Crippen LogP contribution in [0.3, 0.4) is 0 Å². The van der Waals surface area contributed by atoms with Crippen molar-refractivity contribution in [2.75, 3.05) is 0 Å². The Balaban J connectivity index is 1.71. The molecule has 0 atom stereocenters. The van der Waals surface area contributed by atoms with Gasteiger partial charge in [0.2, 0.25) is 0 Å². The zero-order chi connectivity index (χ0) is 16.3. The molecule has 3 aromatic rings. The molecular weight excluding hydrogens is 292 g/mol. The van der Waals surface area contributed by atoms with E-state index < -0.39 is 5.60 Å². The molecule has 6 nitrogen and oxygen atoms in total. The summed E-state index contributed by atoms with van der Waals surface area (Å²) in [6.45, 7) is 3.75. The fourth-order valence-electron chi connectivity index (χ4n) is 2.17. The Morgan fingerprint density at radius 3 is 2.39 bits per heavy atom. The Bertz CT molecular complexity index is 761. The Kier molecular flexibility index (Phi) is 4.08. The summed E-state index contributed by atoms with van der Waals surface area (Å²) in [6, 6.07) is 17.0. The molecular formula is C17H18N4O2. The van der Waals surface area contributed by atoms with E-state index in [1.54, 1.807) is 18.5 Å². The van der Waals surface area contributed by atoms with Crippen LogP contribution in [-0.2, 0) is 12.2 Å². The Morgan fingerprint density at radius 2 is 1.74 bits per heavy atom. The maximum Gasteiger partial charge on any atom is 0.194 e. The molecule has 2 aromatic carbocycles. The minimum Gasteiger partial charge on any atom is -0.486 e. The first-order chi connectivity index (χ1) is 11.0. The summed E-state index contributed by atoms with van der Waals surface area (Å²) in [7, 11) is 0. The molecule has 0 radical (unpaired) electrons. The topological polar surface area (TPSA) is 73.1 Å². The van der Waals surface area contributed by atoms with Gasteiger partial charge in [-0.25, -0.2) is 0 Å². The van der Waals surface area contributed by atoms with Gasteiger partial charge in [0.05, 0.1) is 11.3 Å². The number of ether oxygens (including phenoxy) is 1. The second-order valence-electron chi connectivity index (χ2n) is 5.71. The van der Waals surface area contributed by atoms with Gasteiger partial charge in [0, 0.05) is 0 Å². The van der Waals surface area contributed by atoms with E-state index >= 15 is 0 Å². The first kappa shape index (κ1) is 15.2. The zero-order valence-electron chi connectivity index (χ0n) is 13.0. The highest BCUT2D eigenvalue weighted by Gasteiger charge is 2.15. The molecule has 23 heavy (non-hydrogen) atoms. The summed E-state index contributed by atoms with van der Waals surface area (Å²) >= 11 is 0.